The van der Waals surface area contributed by atoms with Gasteiger partial charge in [0.05, 0.1) is 21.6 Å². The number of anilines is 2. The summed E-state index contributed by atoms with van der Waals surface area (Å²) in [5.41, 5.74) is 6.29. The number of amides is 1. The van der Waals surface area contributed by atoms with Gasteiger partial charge in [-0.15, -0.1) is 0 Å². The Balaban J connectivity index is 1.59. The molecule has 0 aliphatic heterocycles. The average molecular weight is 462 g/mol. The molecule has 4 N–H and O–H groups in total. The number of fused-ring (bicyclic) bond motifs is 1. The average Bonchev–Trinajstić information content (AvgIpc) is 3.11. The largest absolute Gasteiger partial charge is 0.457 e. The maximum Gasteiger partial charge on any atom is 0.417 e. The van der Waals surface area contributed by atoms with Crippen molar-refractivity contribution in [2.75, 3.05) is 5.32 Å². The fourth-order valence-electron chi connectivity index (χ4n) is 3.07. The molecule has 0 unspecified atom stereocenters. The van der Waals surface area contributed by atoms with Crippen molar-refractivity contribution >= 4 is 40.2 Å². The van der Waals surface area contributed by atoms with Gasteiger partial charge in [-0.3, -0.25) is 9.78 Å². The van der Waals surface area contributed by atoms with Crippen LogP contribution in [-0.2, 0) is 6.18 Å². The summed E-state index contributed by atoms with van der Waals surface area (Å²) in [6.45, 7) is 1.67. The number of imidazole rings is 1. The highest BCUT2D eigenvalue weighted by atomic mass is 35.5. The third-order valence-electron chi connectivity index (χ3n) is 4.60. The highest BCUT2D eigenvalue weighted by Crippen LogP contribution is 2.37. The molecular formula is C21H15ClF3N5O2. The van der Waals surface area contributed by atoms with E-state index in [1.807, 2.05) is 0 Å². The van der Waals surface area contributed by atoms with Crippen LogP contribution in [0.2, 0.25) is 5.02 Å². The SMILES string of the molecule is Cc1c(Oc2ccc3nc(Nc4ccc(Cl)c(C(F)(F)F)c4)[nH]c3c2)ccnc1C(N)=O. The van der Waals surface area contributed by atoms with Gasteiger partial charge in [-0.05, 0) is 43.3 Å². The number of nitrogens with two attached hydrogens (primary N) is 1. The van der Waals surface area contributed by atoms with Crippen molar-refractivity contribution in [1.29, 1.82) is 0 Å². The molecule has 32 heavy (non-hydrogen) atoms. The third kappa shape index (κ3) is 4.30. The molecule has 4 rings (SSSR count). The van der Waals surface area contributed by atoms with Gasteiger partial charge in [-0.2, -0.15) is 13.2 Å². The zero-order valence-corrected chi connectivity index (χ0v) is 17.2. The quantitative estimate of drug-likeness (QED) is 0.360. The van der Waals surface area contributed by atoms with E-state index in [4.69, 9.17) is 22.1 Å². The maximum atomic E-state index is 13.1. The highest BCUT2D eigenvalue weighted by Gasteiger charge is 2.33. The Labute approximate surface area is 184 Å². The summed E-state index contributed by atoms with van der Waals surface area (Å²) in [6.07, 6.45) is -3.16. The fourth-order valence-corrected chi connectivity index (χ4v) is 3.30. The molecule has 4 aromatic rings. The molecule has 2 heterocycles. The first-order chi connectivity index (χ1) is 15.1. The lowest BCUT2D eigenvalue weighted by molar-refractivity contribution is -0.137. The number of nitrogens with zero attached hydrogens (tertiary/aromatic N) is 2. The summed E-state index contributed by atoms with van der Waals surface area (Å²) in [6, 6.07) is 10.1. The molecule has 164 valence electrons. The molecule has 0 saturated carbocycles. The van der Waals surface area contributed by atoms with Crippen LogP contribution in [0.5, 0.6) is 11.5 Å². The number of carbonyl (C=O) groups is 1. The first-order valence-corrected chi connectivity index (χ1v) is 9.56. The van der Waals surface area contributed by atoms with Gasteiger partial charge in [0.25, 0.3) is 5.91 Å². The number of aromatic amines is 1. The number of pyridine rings is 1. The number of ether oxygens (including phenoxy) is 1. The van der Waals surface area contributed by atoms with Gasteiger partial charge in [0.15, 0.2) is 0 Å². The molecule has 0 radical (unpaired) electrons. The minimum Gasteiger partial charge on any atom is -0.457 e. The van der Waals surface area contributed by atoms with E-state index in [0.29, 0.717) is 28.1 Å². The van der Waals surface area contributed by atoms with Gasteiger partial charge in [0.2, 0.25) is 5.95 Å². The molecule has 11 heteroatoms. The lowest BCUT2D eigenvalue weighted by Gasteiger charge is -2.11. The smallest absolute Gasteiger partial charge is 0.417 e. The van der Waals surface area contributed by atoms with Crippen LogP contribution < -0.4 is 15.8 Å². The van der Waals surface area contributed by atoms with Crippen molar-refractivity contribution in [3.05, 3.63) is 70.5 Å². The molecule has 0 spiro atoms. The molecule has 0 bridgehead atoms. The molecule has 2 aromatic heterocycles. The standard InChI is InChI=1S/C21H15ClF3N5O2/c1-10-17(6-7-27-18(10)19(26)31)32-12-3-5-15-16(9-12)30-20(29-15)28-11-2-4-14(22)13(8-11)21(23,24)25/h2-9H,1H3,(H2,26,31)(H2,28,29,30). The number of carbonyl (C=O) groups excluding carboxylic acids is 1. The number of H-pyrrole nitrogens is 1. The molecule has 0 atom stereocenters. The Morgan fingerprint density at radius 3 is 2.69 bits per heavy atom. The topological polar surface area (TPSA) is 106 Å². The molecular weight excluding hydrogens is 447 g/mol. The number of rotatable bonds is 5. The van der Waals surface area contributed by atoms with Gasteiger partial charge < -0.3 is 20.8 Å². The van der Waals surface area contributed by atoms with Crippen molar-refractivity contribution in [3.8, 4) is 11.5 Å². The molecule has 1 amide bonds. The van der Waals surface area contributed by atoms with Gasteiger partial charge in [0.1, 0.15) is 17.2 Å². The number of primary amides is 1. The van der Waals surface area contributed by atoms with Crippen LogP contribution in [-0.4, -0.2) is 20.9 Å². The monoisotopic (exact) mass is 461 g/mol. The lowest BCUT2D eigenvalue weighted by atomic mass is 10.2. The van der Waals surface area contributed by atoms with Crippen molar-refractivity contribution < 1.29 is 22.7 Å². The van der Waals surface area contributed by atoms with Crippen LogP contribution in [0, 0.1) is 6.92 Å². The zero-order chi connectivity index (χ0) is 23.0. The van der Waals surface area contributed by atoms with E-state index in [2.05, 4.69) is 20.3 Å². The molecule has 0 fully saturated rings. The Hall–Kier alpha value is -3.79. The van der Waals surface area contributed by atoms with Gasteiger partial charge in [-0.1, -0.05) is 11.6 Å². The third-order valence-corrected chi connectivity index (χ3v) is 4.93. The number of aromatic nitrogens is 3. The summed E-state index contributed by atoms with van der Waals surface area (Å²) in [4.78, 5) is 22.7. The van der Waals surface area contributed by atoms with Crippen LogP contribution in [0.1, 0.15) is 21.6 Å². The predicted octanol–water partition coefficient (Wildman–Crippen LogP) is 5.57. The first-order valence-electron chi connectivity index (χ1n) is 9.18. The van der Waals surface area contributed by atoms with Crippen molar-refractivity contribution in [1.82, 2.24) is 15.0 Å². The second kappa shape index (κ2) is 8.04. The van der Waals surface area contributed by atoms with E-state index < -0.39 is 17.6 Å². The van der Waals surface area contributed by atoms with E-state index in [0.717, 1.165) is 6.07 Å². The van der Waals surface area contributed by atoms with Crippen molar-refractivity contribution in [2.45, 2.75) is 13.1 Å². The van der Waals surface area contributed by atoms with E-state index in [9.17, 15) is 18.0 Å². The van der Waals surface area contributed by atoms with Crippen molar-refractivity contribution in [3.63, 3.8) is 0 Å². The van der Waals surface area contributed by atoms with E-state index >= 15 is 0 Å². The summed E-state index contributed by atoms with van der Waals surface area (Å²) >= 11 is 5.66. The lowest BCUT2D eigenvalue weighted by Crippen LogP contribution is -2.15. The number of alkyl halides is 3. The molecule has 0 aliphatic rings. The highest BCUT2D eigenvalue weighted by molar-refractivity contribution is 6.31. The second-order valence-electron chi connectivity index (χ2n) is 6.83. The predicted molar refractivity (Wildman–Crippen MR) is 113 cm³/mol. The second-order valence-corrected chi connectivity index (χ2v) is 7.24. The minimum absolute atomic E-state index is 0.109. The summed E-state index contributed by atoms with van der Waals surface area (Å²) in [5, 5.41) is 2.42. The normalized spacial score (nSPS) is 11.5. The number of halogens is 4. The summed E-state index contributed by atoms with van der Waals surface area (Å²) in [7, 11) is 0. The molecule has 0 saturated heterocycles. The van der Waals surface area contributed by atoms with Crippen LogP contribution in [0.25, 0.3) is 11.0 Å². The number of benzene rings is 2. The van der Waals surface area contributed by atoms with Crippen molar-refractivity contribution in [2.24, 2.45) is 5.73 Å². The zero-order valence-electron chi connectivity index (χ0n) is 16.4. The Morgan fingerprint density at radius 1 is 1.19 bits per heavy atom. The van der Waals surface area contributed by atoms with E-state index in [1.165, 1.54) is 18.3 Å². The van der Waals surface area contributed by atoms with E-state index in [-0.39, 0.29) is 22.4 Å². The summed E-state index contributed by atoms with van der Waals surface area (Å²) in [5.74, 6) is 0.433. The Bertz CT molecular complexity index is 1340. The molecule has 2 aromatic carbocycles. The van der Waals surface area contributed by atoms with Gasteiger partial charge >= 0.3 is 6.18 Å². The first kappa shape index (κ1) is 21.4. The maximum absolute atomic E-state index is 13.1. The van der Waals surface area contributed by atoms with Crippen LogP contribution in [0.3, 0.4) is 0 Å². The fraction of sp³-hybridized carbons (Fsp3) is 0.0952. The van der Waals surface area contributed by atoms with Crippen LogP contribution in [0.4, 0.5) is 24.8 Å². The number of hydrogen-bond acceptors (Lipinski definition) is 5. The molecule has 7 nitrogen and oxygen atoms in total. The Morgan fingerprint density at radius 2 is 1.97 bits per heavy atom. The Kier molecular flexibility index (Phi) is 5.39. The van der Waals surface area contributed by atoms with Gasteiger partial charge in [0, 0.05) is 23.5 Å². The van der Waals surface area contributed by atoms with Crippen LogP contribution >= 0.6 is 11.6 Å². The van der Waals surface area contributed by atoms with E-state index in [1.54, 1.807) is 31.2 Å². The number of nitrogens with one attached hydrogen (secondary N) is 2. The number of hydrogen-bond donors (Lipinski definition) is 3. The van der Waals surface area contributed by atoms with Crippen LogP contribution in [0.15, 0.2) is 48.7 Å². The molecule has 0 aliphatic carbocycles. The summed E-state index contributed by atoms with van der Waals surface area (Å²) < 4.78 is 45.1. The van der Waals surface area contributed by atoms with Gasteiger partial charge in [-0.25, -0.2) is 4.98 Å². The minimum atomic E-state index is -4.58.